The number of carbonyl (C=O) groups is 1. The van der Waals surface area contributed by atoms with Gasteiger partial charge in [-0.15, -0.1) is 6.58 Å². The first-order chi connectivity index (χ1) is 14.5. The van der Waals surface area contributed by atoms with Crippen molar-refractivity contribution >= 4 is 15.9 Å². The van der Waals surface area contributed by atoms with Crippen molar-refractivity contribution in [2.45, 2.75) is 17.9 Å². The summed E-state index contributed by atoms with van der Waals surface area (Å²) in [5, 5.41) is 2.85. The normalized spacial score (nSPS) is 11.2. The Kier molecular flexibility index (Phi) is 7.16. The average molecular weight is 425 g/mol. The monoisotopic (exact) mass is 424 g/mol. The van der Waals surface area contributed by atoms with Gasteiger partial charge in [-0.05, 0) is 29.8 Å². The Morgan fingerprint density at radius 3 is 2.53 bits per heavy atom. The number of nitrogens with zero attached hydrogens (tertiary/aromatic N) is 2. The number of hydrogen-bond donors (Lipinski definition) is 2. The van der Waals surface area contributed by atoms with Gasteiger partial charge in [-0.1, -0.05) is 36.4 Å². The first kappa shape index (κ1) is 21.5. The van der Waals surface area contributed by atoms with Crippen LogP contribution in [0.5, 0.6) is 0 Å². The number of nitrogens with one attached hydrogen (secondary N) is 2. The van der Waals surface area contributed by atoms with Gasteiger partial charge in [0.05, 0.1) is 4.90 Å². The number of benzene rings is 2. The van der Waals surface area contributed by atoms with E-state index in [-0.39, 0.29) is 17.3 Å². The quantitative estimate of drug-likeness (QED) is 0.489. The zero-order valence-electron chi connectivity index (χ0n) is 16.5. The van der Waals surface area contributed by atoms with E-state index in [0.29, 0.717) is 18.5 Å². The van der Waals surface area contributed by atoms with Crippen molar-refractivity contribution in [2.24, 2.45) is 0 Å². The molecular weight excluding hydrogens is 400 g/mol. The molecule has 0 aliphatic heterocycles. The summed E-state index contributed by atoms with van der Waals surface area (Å²) >= 11 is 0. The first-order valence-corrected chi connectivity index (χ1v) is 11.0. The van der Waals surface area contributed by atoms with Gasteiger partial charge in [0.25, 0.3) is 5.91 Å². The molecule has 0 bridgehead atoms. The maximum absolute atomic E-state index is 12.4. The van der Waals surface area contributed by atoms with Gasteiger partial charge in [0, 0.05) is 44.0 Å². The predicted octanol–water partition coefficient (Wildman–Crippen LogP) is 2.37. The molecule has 7 nitrogen and oxygen atoms in total. The predicted molar refractivity (Wildman–Crippen MR) is 116 cm³/mol. The lowest BCUT2D eigenvalue weighted by molar-refractivity contribution is 0.0954. The molecule has 8 heteroatoms. The molecule has 30 heavy (non-hydrogen) atoms. The molecule has 0 saturated carbocycles. The fourth-order valence-electron chi connectivity index (χ4n) is 2.92. The van der Waals surface area contributed by atoms with Crippen LogP contribution < -0.4 is 10.0 Å². The van der Waals surface area contributed by atoms with Gasteiger partial charge in [0.15, 0.2) is 0 Å². The molecule has 0 fully saturated rings. The standard InChI is InChI=1S/C22H24N4O3S/c1-2-13-25-30(28,29)20-10-8-19(9-11-20)22(27)24-14-12-21-23-15-16-26(21)17-18-6-4-3-5-7-18/h2-11,15-16,25H,1,12-14,17H2,(H,24,27). The Balaban J connectivity index is 1.54. The lowest BCUT2D eigenvalue weighted by atomic mass is 10.2. The highest BCUT2D eigenvalue weighted by Gasteiger charge is 2.14. The smallest absolute Gasteiger partial charge is 0.251 e. The van der Waals surface area contributed by atoms with E-state index < -0.39 is 10.0 Å². The molecule has 0 spiro atoms. The largest absolute Gasteiger partial charge is 0.352 e. The Morgan fingerprint density at radius 1 is 1.10 bits per heavy atom. The third-order valence-electron chi connectivity index (χ3n) is 4.48. The minimum absolute atomic E-state index is 0.101. The fourth-order valence-corrected chi connectivity index (χ4v) is 3.92. The summed E-state index contributed by atoms with van der Waals surface area (Å²) in [7, 11) is -3.61. The molecule has 0 aliphatic carbocycles. The summed E-state index contributed by atoms with van der Waals surface area (Å²) in [5.74, 6) is 0.619. The number of aromatic nitrogens is 2. The summed E-state index contributed by atoms with van der Waals surface area (Å²) in [6.07, 6.45) is 5.72. The van der Waals surface area contributed by atoms with Crippen molar-refractivity contribution < 1.29 is 13.2 Å². The third-order valence-corrected chi connectivity index (χ3v) is 5.92. The third kappa shape index (κ3) is 5.65. The van der Waals surface area contributed by atoms with Crippen molar-refractivity contribution in [1.82, 2.24) is 19.6 Å². The fraction of sp³-hybridized carbons (Fsp3) is 0.182. The minimum Gasteiger partial charge on any atom is -0.352 e. The van der Waals surface area contributed by atoms with Crippen LogP contribution in [-0.4, -0.2) is 37.0 Å². The second-order valence-electron chi connectivity index (χ2n) is 6.63. The SMILES string of the molecule is C=CCNS(=O)(=O)c1ccc(C(=O)NCCc2nccn2Cc2ccccc2)cc1. The van der Waals surface area contributed by atoms with Crippen LogP contribution in [0.4, 0.5) is 0 Å². The van der Waals surface area contributed by atoms with E-state index in [2.05, 4.69) is 38.3 Å². The zero-order chi connectivity index (χ0) is 21.4. The first-order valence-electron chi connectivity index (χ1n) is 9.52. The number of rotatable bonds is 10. The van der Waals surface area contributed by atoms with E-state index in [0.717, 1.165) is 12.4 Å². The van der Waals surface area contributed by atoms with E-state index in [9.17, 15) is 13.2 Å². The molecule has 0 aliphatic rings. The van der Waals surface area contributed by atoms with Crippen molar-refractivity contribution in [3.8, 4) is 0 Å². The Labute approximate surface area is 176 Å². The van der Waals surface area contributed by atoms with E-state index in [4.69, 9.17) is 0 Å². The summed E-state index contributed by atoms with van der Waals surface area (Å²) in [5.41, 5.74) is 1.57. The van der Waals surface area contributed by atoms with Crippen LogP contribution in [0.3, 0.4) is 0 Å². The number of hydrogen-bond acceptors (Lipinski definition) is 4. The zero-order valence-corrected chi connectivity index (χ0v) is 17.3. The number of amides is 1. The summed E-state index contributed by atoms with van der Waals surface area (Å²) in [6, 6.07) is 15.9. The van der Waals surface area contributed by atoms with Crippen LogP contribution >= 0.6 is 0 Å². The minimum atomic E-state index is -3.61. The van der Waals surface area contributed by atoms with Crippen molar-refractivity contribution in [3.05, 3.63) is 96.6 Å². The molecule has 0 saturated heterocycles. The average Bonchev–Trinajstić information content (AvgIpc) is 3.20. The van der Waals surface area contributed by atoms with Gasteiger partial charge in [0.1, 0.15) is 5.82 Å². The summed E-state index contributed by atoms with van der Waals surface area (Å²) in [4.78, 5) is 16.8. The van der Waals surface area contributed by atoms with Gasteiger partial charge in [-0.25, -0.2) is 18.1 Å². The maximum Gasteiger partial charge on any atom is 0.251 e. The van der Waals surface area contributed by atoms with Crippen LogP contribution in [0.25, 0.3) is 0 Å². The highest BCUT2D eigenvalue weighted by atomic mass is 32.2. The lowest BCUT2D eigenvalue weighted by Crippen LogP contribution is -2.27. The molecule has 1 amide bonds. The van der Waals surface area contributed by atoms with Crippen LogP contribution in [0, 0.1) is 0 Å². The van der Waals surface area contributed by atoms with Gasteiger partial charge in [-0.2, -0.15) is 0 Å². The van der Waals surface area contributed by atoms with E-state index in [1.165, 1.54) is 35.9 Å². The van der Waals surface area contributed by atoms with Gasteiger partial charge < -0.3 is 9.88 Å². The molecule has 3 aromatic rings. The van der Waals surface area contributed by atoms with Crippen molar-refractivity contribution in [2.75, 3.05) is 13.1 Å². The molecular formula is C22H24N4O3S. The van der Waals surface area contributed by atoms with Gasteiger partial charge in [-0.3, -0.25) is 4.79 Å². The van der Waals surface area contributed by atoms with Crippen LogP contribution in [0.1, 0.15) is 21.7 Å². The van der Waals surface area contributed by atoms with Crippen LogP contribution in [0.15, 0.2) is 84.5 Å². The number of carbonyl (C=O) groups excluding carboxylic acids is 1. The molecule has 1 heterocycles. The molecule has 1 aromatic heterocycles. The van der Waals surface area contributed by atoms with Gasteiger partial charge in [0.2, 0.25) is 10.0 Å². The highest BCUT2D eigenvalue weighted by molar-refractivity contribution is 7.89. The number of imidazole rings is 1. The number of sulfonamides is 1. The van der Waals surface area contributed by atoms with E-state index in [1.54, 1.807) is 6.20 Å². The van der Waals surface area contributed by atoms with Crippen LogP contribution in [0.2, 0.25) is 0 Å². The Morgan fingerprint density at radius 2 is 1.83 bits per heavy atom. The second kappa shape index (κ2) is 10.00. The van der Waals surface area contributed by atoms with Gasteiger partial charge >= 0.3 is 0 Å². The molecule has 2 aromatic carbocycles. The summed E-state index contributed by atoms with van der Waals surface area (Å²) < 4.78 is 28.6. The molecule has 156 valence electrons. The molecule has 0 atom stereocenters. The highest BCUT2D eigenvalue weighted by Crippen LogP contribution is 2.11. The Bertz CT molecular complexity index is 1090. The second-order valence-corrected chi connectivity index (χ2v) is 8.39. The van der Waals surface area contributed by atoms with Crippen molar-refractivity contribution in [1.29, 1.82) is 0 Å². The molecule has 0 unspecified atom stereocenters. The molecule has 2 N–H and O–H groups in total. The topological polar surface area (TPSA) is 93.1 Å². The van der Waals surface area contributed by atoms with Crippen molar-refractivity contribution in [3.63, 3.8) is 0 Å². The summed E-state index contributed by atoms with van der Waals surface area (Å²) in [6.45, 7) is 4.77. The lowest BCUT2D eigenvalue weighted by Gasteiger charge is -2.09. The Hall–Kier alpha value is -3.23. The van der Waals surface area contributed by atoms with E-state index in [1.807, 2.05) is 24.4 Å². The molecule has 0 radical (unpaired) electrons. The van der Waals surface area contributed by atoms with E-state index >= 15 is 0 Å². The molecule has 3 rings (SSSR count). The van der Waals surface area contributed by atoms with Crippen LogP contribution in [-0.2, 0) is 23.0 Å². The maximum atomic E-state index is 12.4.